The van der Waals surface area contributed by atoms with Crippen LogP contribution in [0.15, 0.2) is 58.6 Å². The lowest BCUT2D eigenvalue weighted by atomic mass is 10.1. The summed E-state index contributed by atoms with van der Waals surface area (Å²) in [5.41, 5.74) is 8.25. The van der Waals surface area contributed by atoms with Crippen LogP contribution >= 0.6 is 0 Å². The molecule has 0 unspecified atom stereocenters. The number of nitrogens with one attached hydrogen (secondary N) is 3. The third-order valence-electron chi connectivity index (χ3n) is 6.00. The number of likely N-dealkylation sites (tertiary alicyclic amines) is 1. The van der Waals surface area contributed by atoms with Crippen molar-refractivity contribution in [3.63, 3.8) is 0 Å². The van der Waals surface area contributed by atoms with Gasteiger partial charge in [0, 0.05) is 48.0 Å². The van der Waals surface area contributed by atoms with E-state index in [1.165, 1.54) is 12.3 Å². The van der Waals surface area contributed by atoms with Gasteiger partial charge in [-0.3, -0.25) is 9.59 Å². The molecule has 0 aliphatic carbocycles. The zero-order valence-corrected chi connectivity index (χ0v) is 19.4. The molecule has 0 spiro atoms. The maximum atomic E-state index is 13.6. The summed E-state index contributed by atoms with van der Waals surface area (Å²) in [4.78, 5) is 31.9. The molecule has 3 aromatic rings. The van der Waals surface area contributed by atoms with Crippen LogP contribution in [0.1, 0.15) is 28.8 Å². The smallest absolute Gasteiger partial charge is 0.258 e. The molecule has 0 radical (unpaired) electrons. The molecule has 10 heteroatoms. The van der Waals surface area contributed by atoms with Crippen LogP contribution in [-0.4, -0.2) is 53.9 Å². The molecule has 1 saturated heterocycles. The summed E-state index contributed by atoms with van der Waals surface area (Å²) in [6.07, 6.45) is 3.35. The highest BCUT2D eigenvalue weighted by molar-refractivity contribution is 5.95. The maximum absolute atomic E-state index is 13.6. The quantitative estimate of drug-likeness (QED) is 0.436. The number of fused-ring (bicyclic) bond motifs is 1. The van der Waals surface area contributed by atoms with E-state index >= 15 is 0 Å². The molecular weight excluding hydrogens is 454 g/mol. The lowest BCUT2D eigenvalue weighted by molar-refractivity contribution is 0.0716. The Kier molecular flexibility index (Phi) is 7.02. The highest BCUT2D eigenvalue weighted by Crippen LogP contribution is 2.23. The molecule has 2 aromatic carbocycles. The number of likely N-dealkylation sites (N-methyl/N-ethyl adjacent to an activating group) is 1. The van der Waals surface area contributed by atoms with E-state index in [0.29, 0.717) is 11.3 Å². The Hall–Kier alpha value is -3.92. The summed E-state index contributed by atoms with van der Waals surface area (Å²) < 4.78 is 27.1. The molecule has 0 saturated carbocycles. The number of hydrogen-bond acceptors (Lipinski definition) is 6. The van der Waals surface area contributed by atoms with E-state index < -0.39 is 17.2 Å². The zero-order chi connectivity index (χ0) is 25.1. The van der Waals surface area contributed by atoms with E-state index in [1.807, 2.05) is 19.0 Å². The molecule has 1 aliphatic heterocycles. The SMILES string of the molecule is CN(C)C[C@H]1CCCN1C(=O)c1ccc(N/C=C(\N=N)c2cc3cc(F)c(F)cc3[nH]c2=O)cc1. The monoisotopic (exact) mass is 480 g/mol. The van der Waals surface area contributed by atoms with Crippen LogP contribution < -0.4 is 10.9 Å². The number of halogens is 2. The largest absolute Gasteiger partial charge is 0.360 e. The predicted molar refractivity (Wildman–Crippen MR) is 130 cm³/mol. The van der Waals surface area contributed by atoms with Crippen LogP contribution in [0.3, 0.4) is 0 Å². The number of H-pyrrole nitrogens is 1. The second-order valence-corrected chi connectivity index (χ2v) is 8.79. The average Bonchev–Trinajstić information content (AvgIpc) is 3.28. The van der Waals surface area contributed by atoms with E-state index in [-0.39, 0.29) is 34.1 Å². The van der Waals surface area contributed by atoms with Crippen molar-refractivity contribution >= 4 is 28.2 Å². The Morgan fingerprint density at radius 1 is 1.23 bits per heavy atom. The third-order valence-corrected chi connectivity index (χ3v) is 6.00. The summed E-state index contributed by atoms with van der Waals surface area (Å²) in [5, 5.41) is 6.64. The van der Waals surface area contributed by atoms with Gasteiger partial charge in [-0.2, -0.15) is 5.11 Å². The summed E-state index contributed by atoms with van der Waals surface area (Å²) in [7, 11) is 3.99. The molecule has 8 nitrogen and oxygen atoms in total. The fourth-order valence-corrected chi connectivity index (χ4v) is 4.30. The third kappa shape index (κ3) is 5.27. The van der Waals surface area contributed by atoms with Gasteiger partial charge in [0.25, 0.3) is 11.5 Å². The molecule has 3 N–H and O–H groups in total. The summed E-state index contributed by atoms with van der Waals surface area (Å²) in [6.45, 7) is 1.57. The van der Waals surface area contributed by atoms with Gasteiger partial charge in [-0.15, -0.1) is 0 Å². The minimum atomic E-state index is -1.07. The topological polar surface area (TPSA) is 105 Å². The van der Waals surface area contributed by atoms with Crippen molar-refractivity contribution in [3.8, 4) is 0 Å². The number of aromatic amines is 1. The second-order valence-electron chi connectivity index (χ2n) is 8.79. The van der Waals surface area contributed by atoms with Gasteiger partial charge in [0.1, 0.15) is 5.70 Å². The fourth-order valence-electron chi connectivity index (χ4n) is 4.30. The number of hydrogen-bond donors (Lipinski definition) is 3. The molecule has 182 valence electrons. The van der Waals surface area contributed by atoms with Crippen LogP contribution in [0.5, 0.6) is 0 Å². The van der Waals surface area contributed by atoms with Crippen LogP contribution in [0, 0.1) is 17.2 Å². The van der Waals surface area contributed by atoms with E-state index in [1.54, 1.807) is 24.3 Å². The molecule has 35 heavy (non-hydrogen) atoms. The lowest BCUT2D eigenvalue weighted by Gasteiger charge is -2.27. The number of benzene rings is 2. The molecule has 0 bridgehead atoms. The summed E-state index contributed by atoms with van der Waals surface area (Å²) in [6, 6.07) is 10.3. The minimum Gasteiger partial charge on any atom is -0.360 e. The van der Waals surface area contributed by atoms with Gasteiger partial charge in [0.15, 0.2) is 11.6 Å². The number of aromatic nitrogens is 1. The van der Waals surface area contributed by atoms with Crippen LogP contribution in [0.25, 0.3) is 16.6 Å². The van der Waals surface area contributed by atoms with Crippen LogP contribution in [0.2, 0.25) is 0 Å². The van der Waals surface area contributed by atoms with Crippen molar-refractivity contribution in [1.82, 2.24) is 14.8 Å². The standard InChI is InChI=1S/C25H26F2N6O2/c1-32(2)14-18-4-3-9-33(18)25(35)15-5-7-17(8-6-15)29-13-23(31-28)19-10-16-11-20(26)21(27)12-22(16)30-24(19)34/h5-8,10-13,18,28-29H,3-4,9,14H2,1-2H3,(H,30,34)/b23-13-,31-28?/t18-/m1/s1. The number of rotatable bonds is 7. The Bertz CT molecular complexity index is 1350. The molecule has 1 fully saturated rings. The first-order valence-electron chi connectivity index (χ1n) is 11.2. The highest BCUT2D eigenvalue weighted by atomic mass is 19.2. The van der Waals surface area contributed by atoms with Gasteiger partial charge in [-0.1, -0.05) is 0 Å². The lowest BCUT2D eigenvalue weighted by Crippen LogP contribution is -2.41. The van der Waals surface area contributed by atoms with E-state index in [9.17, 15) is 18.4 Å². The molecule has 1 amide bonds. The second kappa shape index (κ2) is 10.1. The minimum absolute atomic E-state index is 0.00151. The van der Waals surface area contributed by atoms with Crippen molar-refractivity contribution < 1.29 is 13.6 Å². The van der Waals surface area contributed by atoms with Crippen molar-refractivity contribution in [3.05, 3.63) is 81.8 Å². The van der Waals surface area contributed by atoms with Crippen molar-refractivity contribution in [2.45, 2.75) is 18.9 Å². The van der Waals surface area contributed by atoms with Crippen molar-refractivity contribution in [2.24, 2.45) is 5.11 Å². The number of nitrogens with zero attached hydrogens (tertiary/aromatic N) is 3. The van der Waals surface area contributed by atoms with Crippen molar-refractivity contribution in [1.29, 1.82) is 5.53 Å². The Morgan fingerprint density at radius 2 is 1.94 bits per heavy atom. The van der Waals surface area contributed by atoms with E-state index in [4.69, 9.17) is 5.53 Å². The van der Waals surface area contributed by atoms with Gasteiger partial charge in [-0.05, 0) is 63.3 Å². The predicted octanol–water partition coefficient (Wildman–Crippen LogP) is 4.41. The molecule has 1 aliphatic rings. The molecule has 4 rings (SSSR count). The molecule has 2 heterocycles. The zero-order valence-electron chi connectivity index (χ0n) is 19.4. The fraction of sp³-hybridized carbons (Fsp3) is 0.280. The average molecular weight is 481 g/mol. The number of carbonyl (C=O) groups excluding carboxylic acids is 1. The van der Waals surface area contributed by atoms with Gasteiger partial charge < -0.3 is 20.1 Å². The first-order valence-corrected chi connectivity index (χ1v) is 11.2. The summed E-state index contributed by atoms with van der Waals surface area (Å²) >= 11 is 0. The van der Waals surface area contributed by atoms with Gasteiger partial charge in [-0.25, -0.2) is 14.3 Å². The number of carbonyl (C=O) groups is 1. The molecular formula is C25H26F2N6O2. The number of pyridine rings is 1. The Labute approximate surface area is 200 Å². The highest BCUT2D eigenvalue weighted by Gasteiger charge is 2.29. The van der Waals surface area contributed by atoms with E-state index in [0.717, 1.165) is 38.1 Å². The Balaban J connectivity index is 1.52. The first kappa shape index (κ1) is 24.2. The number of amides is 1. The summed E-state index contributed by atoms with van der Waals surface area (Å²) in [5.74, 6) is -2.12. The number of anilines is 1. The van der Waals surface area contributed by atoms with E-state index in [2.05, 4.69) is 20.3 Å². The first-order chi connectivity index (χ1) is 16.8. The van der Waals surface area contributed by atoms with Crippen LogP contribution in [-0.2, 0) is 0 Å². The Morgan fingerprint density at radius 3 is 2.63 bits per heavy atom. The van der Waals surface area contributed by atoms with Gasteiger partial charge in [0.2, 0.25) is 0 Å². The van der Waals surface area contributed by atoms with Gasteiger partial charge >= 0.3 is 0 Å². The van der Waals surface area contributed by atoms with Gasteiger partial charge in [0.05, 0.1) is 11.1 Å². The van der Waals surface area contributed by atoms with Crippen LogP contribution in [0.4, 0.5) is 14.5 Å². The maximum Gasteiger partial charge on any atom is 0.258 e. The molecule has 1 aromatic heterocycles. The normalized spacial score (nSPS) is 16.2. The molecule has 1 atom stereocenters. The van der Waals surface area contributed by atoms with Crippen molar-refractivity contribution in [2.75, 3.05) is 32.5 Å².